The van der Waals surface area contributed by atoms with Gasteiger partial charge in [-0.05, 0) is 31.5 Å². The second-order valence-corrected chi connectivity index (χ2v) is 4.55. The van der Waals surface area contributed by atoms with E-state index in [9.17, 15) is 0 Å². The highest BCUT2D eigenvalue weighted by Gasteiger charge is 2.08. The fourth-order valence-electron chi connectivity index (χ4n) is 1.37. The van der Waals surface area contributed by atoms with Crippen molar-refractivity contribution in [1.29, 1.82) is 0 Å². The zero-order chi connectivity index (χ0) is 12.4. The van der Waals surface area contributed by atoms with E-state index in [0.717, 1.165) is 22.6 Å². The van der Waals surface area contributed by atoms with Crippen molar-refractivity contribution in [2.24, 2.45) is 0 Å². The molecule has 17 heavy (non-hydrogen) atoms. The lowest BCUT2D eigenvalue weighted by molar-refractivity contribution is 0.301. The summed E-state index contributed by atoms with van der Waals surface area (Å²) in [4.78, 5) is 0. The van der Waals surface area contributed by atoms with Crippen LogP contribution in [0.3, 0.4) is 0 Å². The second kappa shape index (κ2) is 4.94. The van der Waals surface area contributed by atoms with E-state index in [1.165, 1.54) is 0 Å². The maximum Gasteiger partial charge on any atom is 0.127 e. The minimum Gasteiger partial charge on any atom is -0.378 e. The minimum absolute atomic E-state index is 0.494. The lowest BCUT2D eigenvalue weighted by Gasteiger charge is -2.09. The number of hydrogen-bond donors (Lipinski definition) is 1. The summed E-state index contributed by atoms with van der Waals surface area (Å²) in [6.45, 7) is 4.23. The molecule has 0 aliphatic heterocycles. The molecule has 6 heteroatoms. The average molecular weight is 272 g/mol. The summed E-state index contributed by atoms with van der Waals surface area (Å²) < 4.78 is 4.61. The van der Waals surface area contributed by atoms with Gasteiger partial charge >= 0.3 is 0 Å². The molecule has 4 nitrogen and oxygen atoms in total. The van der Waals surface area contributed by atoms with Gasteiger partial charge in [0.05, 0.1) is 17.3 Å². The van der Waals surface area contributed by atoms with Crippen molar-refractivity contribution in [2.45, 2.75) is 20.4 Å². The number of nitrogens with one attached hydrogen (secondary N) is 1. The molecular weight excluding hydrogens is 261 g/mol. The number of aromatic nitrogens is 2. The minimum atomic E-state index is 0.494. The van der Waals surface area contributed by atoms with Gasteiger partial charge in [-0.2, -0.15) is 0 Å². The van der Waals surface area contributed by atoms with E-state index in [0.29, 0.717) is 16.6 Å². The summed E-state index contributed by atoms with van der Waals surface area (Å²) in [6.07, 6.45) is 0. The van der Waals surface area contributed by atoms with E-state index in [2.05, 4.69) is 20.3 Å². The maximum absolute atomic E-state index is 6.10. The highest BCUT2D eigenvalue weighted by atomic mass is 35.5. The molecule has 1 N–H and O–H groups in total. The number of anilines is 1. The van der Waals surface area contributed by atoms with Crippen LogP contribution >= 0.6 is 23.2 Å². The fourth-order valence-corrected chi connectivity index (χ4v) is 1.82. The molecule has 0 amide bonds. The first-order valence-electron chi connectivity index (χ1n) is 5.05. The van der Waals surface area contributed by atoms with Crippen molar-refractivity contribution in [3.05, 3.63) is 39.1 Å². The molecule has 0 aliphatic rings. The molecule has 0 unspecified atom stereocenters. The molecule has 0 fully saturated rings. The van der Waals surface area contributed by atoms with Crippen molar-refractivity contribution >= 4 is 28.9 Å². The Balaban J connectivity index is 2.14. The van der Waals surface area contributed by atoms with Crippen molar-refractivity contribution in [3.63, 3.8) is 0 Å². The summed E-state index contributed by atoms with van der Waals surface area (Å²) in [7, 11) is 0. The van der Waals surface area contributed by atoms with Gasteiger partial charge in [0.2, 0.25) is 0 Å². The van der Waals surface area contributed by atoms with Crippen LogP contribution in [0, 0.1) is 13.8 Å². The second-order valence-electron chi connectivity index (χ2n) is 3.73. The van der Waals surface area contributed by atoms with Crippen LogP contribution < -0.4 is 5.32 Å². The lowest BCUT2D eigenvalue weighted by atomic mass is 10.2. The molecule has 2 rings (SSSR count). The largest absolute Gasteiger partial charge is 0.378 e. The molecule has 0 saturated carbocycles. The topological polar surface area (TPSA) is 51.0 Å². The predicted octanol–water partition coefficient (Wildman–Crippen LogP) is 3.61. The number of aryl methyl sites for hydroxylation is 2. The van der Waals surface area contributed by atoms with E-state index in [1.54, 1.807) is 6.07 Å². The number of halogens is 2. The molecule has 0 saturated heterocycles. The maximum atomic E-state index is 6.10. The van der Waals surface area contributed by atoms with Gasteiger partial charge in [0.15, 0.2) is 0 Å². The Morgan fingerprint density at radius 2 is 1.94 bits per heavy atom. The molecule has 0 spiro atoms. The third kappa shape index (κ3) is 2.70. The molecule has 1 aromatic carbocycles. The third-order valence-electron chi connectivity index (χ3n) is 2.44. The van der Waals surface area contributed by atoms with E-state index in [4.69, 9.17) is 23.2 Å². The zero-order valence-electron chi connectivity index (χ0n) is 9.42. The standard InChI is InChI=1S/C11H11Cl2N3O/c1-6-3-9(13)10(4-8(6)12)14-5-11-7(2)15-17-16-11/h3-4,14H,5H2,1-2H3. The van der Waals surface area contributed by atoms with Gasteiger partial charge in [-0.25, -0.2) is 4.63 Å². The highest BCUT2D eigenvalue weighted by molar-refractivity contribution is 6.35. The molecule has 1 heterocycles. The van der Waals surface area contributed by atoms with Gasteiger partial charge in [0.25, 0.3) is 0 Å². The Kier molecular flexibility index (Phi) is 3.54. The van der Waals surface area contributed by atoms with Crippen molar-refractivity contribution in [2.75, 3.05) is 5.32 Å². The van der Waals surface area contributed by atoms with Crippen LogP contribution in [0.1, 0.15) is 17.0 Å². The first-order chi connectivity index (χ1) is 8.08. The predicted molar refractivity (Wildman–Crippen MR) is 67.6 cm³/mol. The number of benzene rings is 1. The molecule has 2 aromatic rings. The average Bonchev–Trinajstić information content (AvgIpc) is 2.68. The van der Waals surface area contributed by atoms with Crippen LogP contribution in [0.15, 0.2) is 16.8 Å². The van der Waals surface area contributed by atoms with Crippen LogP contribution in [0.2, 0.25) is 10.0 Å². The Labute approximate surface area is 109 Å². The van der Waals surface area contributed by atoms with Gasteiger partial charge in [-0.3, -0.25) is 0 Å². The van der Waals surface area contributed by atoms with E-state index in [1.807, 2.05) is 19.9 Å². The SMILES string of the molecule is Cc1cc(Cl)c(NCc2nonc2C)cc1Cl. The fraction of sp³-hybridized carbons (Fsp3) is 0.273. The van der Waals surface area contributed by atoms with Crippen LogP contribution in [-0.2, 0) is 6.54 Å². The molecular formula is C11H11Cl2N3O. The smallest absolute Gasteiger partial charge is 0.127 e. The summed E-state index contributed by atoms with van der Waals surface area (Å²) in [6, 6.07) is 3.61. The van der Waals surface area contributed by atoms with E-state index >= 15 is 0 Å². The normalized spacial score (nSPS) is 10.6. The first-order valence-corrected chi connectivity index (χ1v) is 5.81. The van der Waals surface area contributed by atoms with Gasteiger partial charge in [-0.1, -0.05) is 33.5 Å². The summed E-state index contributed by atoms with van der Waals surface area (Å²) in [5, 5.41) is 11.9. The molecule has 90 valence electrons. The van der Waals surface area contributed by atoms with Crippen molar-refractivity contribution in [1.82, 2.24) is 10.3 Å². The van der Waals surface area contributed by atoms with Gasteiger partial charge < -0.3 is 5.32 Å². The number of rotatable bonds is 3. The molecule has 0 bridgehead atoms. The summed E-state index contributed by atoms with van der Waals surface area (Å²) in [5.74, 6) is 0. The van der Waals surface area contributed by atoms with Crippen LogP contribution in [0.25, 0.3) is 0 Å². The summed E-state index contributed by atoms with van der Waals surface area (Å²) >= 11 is 12.1. The Morgan fingerprint density at radius 1 is 1.18 bits per heavy atom. The highest BCUT2D eigenvalue weighted by Crippen LogP contribution is 2.29. The zero-order valence-corrected chi connectivity index (χ0v) is 10.9. The molecule has 0 radical (unpaired) electrons. The third-order valence-corrected chi connectivity index (χ3v) is 3.16. The number of nitrogens with zero attached hydrogens (tertiary/aromatic N) is 2. The van der Waals surface area contributed by atoms with E-state index in [-0.39, 0.29) is 0 Å². The first kappa shape index (κ1) is 12.2. The Hall–Kier alpha value is -1.26. The van der Waals surface area contributed by atoms with Crippen LogP contribution in [0.5, 0.6) is 0 Å². The lowest BCUT2D eigenvalue weighted by Crippen LogP contribution is -2.02. The van der Waals surface area contributed by atoms with Crippen LogP contribution in [-0.4, -0.2) is 10.3 Å². The van der Waals surface area contributed by atoms with Gasteiger partial charge in [0, 0.05) is 5.02 Å². The van der Waals surface area contributed by atoms with E-state index < -0.39 is 0 Å². The molecule has 1 aromatic heterocycles. The van der Waals surface area contributed by atoms with Gasteiger partial charge in [-0.15, -0.1) is 0 Å². The van der Waals surface area contributed by atoms with Crippen molar-refractivity contribution in [3.8, 4) is 0 Å². The van der Waals surface area contributed by atoms with Crippen molar-refractivity contribution < 1.29 is 4.63 Å². The Bertz CT molecular complexity index is 540. The summed E-state index contributed by atoms with van der Waals surface area (Å²) in [5.41, 5.74) is 3.22. The van der Waals surface area contributed by atoms with Gasteiger partial charge in [0.1, 0.15) is 11.4 Å². The molecule has 0 atom stereocenters. The van der Waals surface area contributed by atoms with Crippen LogP contribution in [0.4, 0.5) is 5.69 Å². The quantitative estimate of drug-likeness (QED) is 0.927. The molecule has 0 aliphatic carbocycles. The number of hydrogen-bond acceptors (Lipinski definition) is 4. The monoisotopic (exact) mass is 271 g/mol. The Morgan fingerprint density at radius 3 is 2.59 bits per heavy atom.